The first-order valence-corrected chi connectivity index (χ1v) is 14.5. The minimum absolute atomic E-state index is 0.406. The molecule has 1 heterocycles. The number of nitrogens with one attached hydrogen (secondary N) is 3. The summed E-state index contributed by atoms with van der Waals surface area (Å²) >= 11 is -1.98. The summed E-state index contributed by atoms with van der Waals surface area (Å²) < 4.78 is 25.2. The molecule has 2 amide bonds. The van der Waals surface area contributed by atoms with Gasteiger partial charge in [0.25, 0.3) is 11.8 Å². The average Bonchev–Trinajstić information content (AvgIpc) is 3.11. The summed E-state index contributed by atoms with van der Waals surface area (Å²) in [5.41, 5.74) is 16.8. The molecule has 2 unspecified atom stereocenters. The fraction of sp³-hybridized carbons (Fsp3) is 0.233. The van der Waals surface area contributed by atoms with E-state index < -0.39 is 29.0 Å². The topological polar surface area (TPSA) is 196 Å². The van der Waals surface area contributed by atoms with Gasteiger partial charge in [-0.2, -0.15) is 4.99 Å². The number of ether oxygens (including phenoxy) is 2. The molecule has 0 spiro atoms. The monoisotopic (exact) mass is 607 g/mol. The molecular weight excluding hydrogens is 570 g/mol. The van der Waals surface area contributed by atoms with Gasteiger partial charge in [0.2, 0.25) is 0 Å². The molecule has 1 aliphatic heterocycles. The van der Waals surface area contributed by atoms with Crippen LogP contribution in [0, 0.1) is 6.92 Å². The van der Waals surface area contributed by atoms with Crippen LogP contribution >= 0.6 is 0 Å². The molecule has 2 bridgehead atoms. The lowest BCUT2D eigenvalue weighted by atomic mass is 9.98. The van der Waals surface area contributed by atoms with Crippen molar-refractivity contribution in [3.63, 3.8) is 0 Å². The van der Waals surface area contributed by atoms with Crippen LogP contribution in [0.3, 0.4) is 0 Å². The van der Waals surface area contributed by atoms with Gasteiger partial charge >= 0.3 is 0 Å². The molecule has 1 aliphatic carbocycles. The second-order valence-corrected chi connectivity index (χ2v) is 10.3. The number of nitrogens with zero attached hydrogens (tertiary/aromatic N) is 1. The van der Waals surface area contributed by atoms with E-state index in [1.165, 1.54) is 0 Å². The van der Waals surface area contributed by atoms with Crippen LogP contribution in [0.2, 0.25) is 0 Å². The van der Waals surface area contributed by atoms with Gasteiger partial charge in [-0.05, 0) is 73.9 Å². The van der Waals surface area contributed by atoms with Gasteiger partial charge in [-0.3, -0.25) is 14.3 Å². The lowest BCUT2D eigenvalue weighted by molar-refractivity contribution is -0.119. The number of allylic oxidation sites excluding steroid dienone is 3. The largest absolute Gasteiger partial charge is 0.490 e. The molecule has 43 heavy (non-hydrogen) atoms. The first-order valence-electron chi connectivity index (χ1n) is 13.3. The number of nitrogens with two attached hydrogens (primary N) is 3. The van der Waals surface area contributed by atoms with E-state index in [1.807, 2.05) is 51.1 Å². The molecule has 0 saturated heterocycles. The molecule has 2 aromatic carbocycles. The number of aryl methyl sites for hydroxylation is 1. The van der Waals surface area contributed by atoms with E-state index in [9.17, 15) is 13.8 Å². The Morgan fingerprint density at radius 2 is 1.86 bits per heavy atom. The summed E-state index contributed by atoms with van der Waals surface area (Å²) in [6, 6.07) is 11.8. The Kier molecular flexibility index (Phi) is 11.7. The smallest absolute Gasteiger partial charge is 0.278 e. The van der Waals surface area contributed by atoms with Gasteiger partial charge in [0.05, 0.1) is 19.2 Å². The standard InChI is InChI=1S/C21H25N3O4S.C9H12N4O/c1-4-27-18-11-16(9-15-10-19(18)28-12-14(15)3)20(21(25)24-29(22)26)23-17-7-5-13(2)6-8-17;1-12-8-3-6(2-7(11)4-8)9(14)13-5-10/h5-9,11-12,20,23H,4,10,22H2,1-3H3,(H,24,25);2-5,12H,11H2,1H3,(H2,10,13,14). The van der Waals surface area contributed by atoms with Crippen molar-refractivity contribution in [2.75, 3.05) is 30.0 Å². The predicted molar refractivity (Wildman–Crippen MR) is 171 cm³/mol. The minimum Gasteiger partial charge on any atom is -0.490 e. The Labute approximate surface area is 253 Å². The Balaban J connectivity index is 0.000000303. The number of nitrogen functional groups attached to an aromatic ring is 1. The van der Waals surface area contributed by atoms with Crippen LogP contribution in [0.5, 0.6) is 0 Å². The van der Waals surface area contributed by atoms with Crippen molar-refractivity contribution in [3.8, 4) is 0 Å². The summed E-state index contributed by atoms with van der Waals surface area (Å²) in [5.74, 6) is 0.344. The van der Waals surface area contributed by atoms with Gasteiger partial charge in [-0.25, -0.2) is 9.35 Å². The third kappa shape index (κ3) is 9.31. The number of hydrogen-bond donors (Lipinski definition) is 6. The van der Waals surface area contributed by atoms with Crippen LogP contribution in [0.1, 0.15) is 36.2 Å². The minimum atomic E-state index is -1.98. The molecule has 0 radical (unpaired) electrons. The molecule has 2 atom stereocenters. The highest BCUT2D eigenvalue weighted by Crippen LogP contribution is 2.34. The molecular formula is C30H37N7O5S. The number of rotatable bonds is 9. The van der Waals surface area contributed by atoms with E-state index in [-0.39, 0.29) is 0 Å². The number of benzene rings is 2. The Morgan fingerprint density at radius 3 is 2.49 bits per heavy atom. The average molecular weight is 608 g/mol. The molecule has 2 aromatic rings. The lowest BCUT2D eigenvalue weighted by Crippen LogP contribution is -2.43. The molecule has 13 heteroatoms. The van der Waals surface area contributed by atoms with E-state index in [0.29, 0.717) is 41.4 Å². The fourth-order valence-corrected chi connectivity index (χ4v) is 4.47. The highest BCUT2D eigenvalue weighted by molar-refractivity contribution is 7.81. The maximum Gasteiger partial charge on any atom is 0.278 e. The Bertz CT molecular complexity index is 1530. The fourth-order valence-electron chi connectivity index (χ4n) is 4.15. The third-order valence-electron chi connectivity index (χ3n) is 6.29. The Morgan fingerprint density at radius 1 is 1.14 bits per heavy atom. The van der Waals surface area contributed by atoms with Crippen molar-refractivity contribution in [1.29, 1.82) is 0 Å². The summed E-state index contributed by atoms with van der Waals surface area (Å²) in [6.45, 7) is 6.28. The summed E-state index contributed by atoms with van der Waals surface area (Å²) in [7, 11) is 1.75. The predicted octanol–water partition coefficient (Wildman–Crippen LogP) is 3.31. The van der Waals surface area contributed by atoms with Gasteiger partial charge in [-0.1, -0.05) is 23.8 Å². The van der Waals surface area contributed by atoms with E-state index in [4.69, 9.17) is 26.1 Å². The quantitative estimate of drug-likeness (QED) is 0.141. The van der Waals surface area contributed by atoms with Gasteiger partial charge in [0.15, 0.2) is 16.9 Å². The van der Waals surface area contributed by atoms with Crippen LogP contribution in [-0.4, -0.2) is 42.1 Å². The van der Waals surface area contributed by atoms with E-state index in [1.54, 1.807) is 37.6 Å². The van der Waals surface area contributed by atoms with Gasteiger partial charge in [0, 0.05) is 36.1 Å². The van der Waals surface area contributed by atoms with Gasteiger partial charge in [-0.15, -0.1) is 0 Å². The van der Waals surface area contributed by atoms with Crippen LogP contribution in [0.15, 0.2) is 94.1 Å². The second kappa shape index (κ2) is 15.4. The van der Waals surface area contributed by atoms with E-state index in [2.05, 4.69) is 20.3 Å². The van der Waals surface area contributed by atoms with Crippen molar-refractivity contribution in [2.45, 2.75) is 33.2 Å². The van der Waals surface area contributed by atoms with Crippen molar-refractivity contribution >= 4 is 46.4 Å². The van der Waals surface area contributed by atoms with Gasteiger partial charge < -0.3 is 31.6 Å². The highest BCUT2D eigenvalue weighted by atomic mass is 32.2. The van der Waals surface area contributed by atoms with Crippen molar-refractivity contribution in [2.24, 2.45) is 15.9 Å². The summed E-state index contributed by atoms with van der Waals surface area (Å²) in [5, 5.41) is 11.4. The van der Waals surface area contributed by atoms with E-state index in [0.717, 1.165) is 34.4 Å². The van der Waals surface area contributed by atoms with Crippen molar-refractivity contribution < 1.29 is 23.3 Å². The normalized spacial score (nSPS) is 15.3. The van der Waals surface area contributed by atoms with Crippen LogP contribution in [-0.2, 0) is 25.4 Å². The SMILES string of the molecule is CCOC1=C2CC(=CC(C(Nc3ccc(C)cc3)C(=O)NS(N)=O)=C1)C(C)=CO2.CNc1cc(N)cc(C(=O)N=CN)c1. The summed E-state index contributed by atoms with van der Waals surface area (Å²) in [6.07, 6.45) is 6.93. The molecule has 228 valence electrons. The lowest BCUT2D eigenvalue weighted by Gasteiger charge is -2.21. The maximum absolute atomic E-state index is 12.9. The first-order chi connectivity index (χ1) is 20.5. The summed E-state index contributed by atoms with van der Waals surface area (Å²) in [4.78, 5) is 27.6. The number of amides is 2. The molecule has 12 nitrogen and oxygen atoms in total. The van der Waals surface area contributed by atoms with Crippen molar-refractivity contribution in [1.82, 2.24) is 4.72 Å². The zero-order valence-electron chi connectivity index (χ0n) is 24.5. The molecule has 0 saturated carbocycles. The zero-order valence-corrected chi connectivity index (χ0v) is 25.3. The second-order valence-electron chi connectivity index (χ2n) is 9.51. The third-order valence-corrected chi connectivity index (χ3v) is 6.69. The van der Waals surface area contributed by atoms with Crippen molar-refractivity contribution in [3.05, 3.63) is 100 Å². The van der Waals surface area contributed by atoms with Crippen LogP contribution < -0.4 is 32.0 Å². The molecule has 9 N–H and O–H groups in total. The maximum atomic E-state index is 12.9. The van der Waals surface area contributed by atoms with Crippen LogP contribution in [0.4, 0.5) is 17.1 Å². The Hall–Kier alpha value is -4.88. The number of fused-ring (bicyclic) bond motifs is 2. The number of aliphatic imine (C=N–C) groups is 1. The highest BCUT2D eigenvalue weighted by Gasteiger charge is 2.28. The molecule has 0 fully saturated rings. The number of carbonyl (C=O) groups is 2. The first kappa shape index (κ1) is 32.6. The molecule has 0 aromatic heterocycles. The van der Waals surface area contributed by atoms with E-state index >= 15 is 0 Å². The zero-order chi connectivity index (χ0) is 31.5. The van der Waals surface area contributed by atoms with Crippen LogP contribution in [0.25, 0.3) is 0 Å². The number of carbonyl (C=O) groups excluding carboxylic acids is 2. The number of anilines is 3. The van der Waals surface area contributed by atoms with Gasteiger partial charge in [0.1, 0.15) is 11.8 Å². The number of hydrogen-bond acceptors (Lipinski definition) is 8. The molecule has 2 aliphatic rings. The molecule has 4 rings (SSSR count).